The van der Waals surface area contributed by atoms with Crippen LogP contribution in [-0.2, 0) is 5.41 Å². The van der Waals surface area contributed by atoms with Crippen molar-refractivity contribution in [2.24, 2.45) is 5.92 Å². The Kier molecular flexibility index (Phi) is 3.23. The van der Waals surface area contributed by atoms with Crippen LogP contribution in [0.5, 0.6) is 0 Å². The fourth-order valence-corrected chi connectivity index (χ4v) is 2.67. The molecular weight excluding hydrogens is 251 g/mol. The van der Waals surface area contributed by atoms with Gasteiger partial charge < -0.3 is 10.3 Å². The Hall–Kier alpha value is -1.51. The number of fused-ring (bicyclic) bond motifs is 1. The minimum absolute atomic E-state index is 0.101. The highest BCUT2D eigenvalue weighted by atomic mass is 19.1. The van der Waals surface area contributed by atoms with Crippen molar-refractivity contribution in [2.75, 3.05) is 11.9 Å². The maximum atomic E-state index is 14.1. The molecule has 0 atom stereocenters. The molecule has 108 valence electrons. The molecule has 1 aromatic heterocycles. The van der Waals surface area contributed by atoms with Gasteiger partial charge in [0.15, 0.2) is 0 Å². The normalized spacial score (nSPS) is 15.8. The number of hydrogen-bond acceptors (Lipinski definition) is 1. The van der Waals surface area contributed by atoms with Gasteiger partial charge in [-0.2, -0.15) is 0 Å². The highest BCUT2D eigenvalue weighted by molar-refractivity contribution is 5.94. The molecule has 0 amide bonds. The molecule has 3 heteroatoms. The number of rotatable bonds is 5. The van der Waals surface area contributed by atoms with Gasteiger partial charge in [-0.3, -0.25) is 0 Å². The summed E-state index contributed by atoms with van der Waals surface area (Å²) in [6, 6.07) is 3.48. The third kappa shape index (κ3) is 2.30. The molecule has 1 fully saturated rings. The standard InChI is InChI=1S/C17H23FN2/c1-4-17(2,3)13-10-20-15-12(13)7-8-14(18)16(15)19-9-11-5-6-11/h7-8,10-11,19-20H,4-6,9H2,1-3H3. The molecule has 3 rings (SSSR count). The number of aromatic nitrogens is 1. The van der Waals surface area contributed by atoms with Crippen molar-refractivity contribution in [3.05, 3.63) is 29.7 Å². The van der Waals surface area contributed by atoms with Gasteiger partial charge in [-0.1, -0.05) is 20.8 Å². The van der Waals surface area contributed by atoms with Crippen molar-refractivity contribution in [3.8, 4) is 0 Å². The van der Waals surface area contributed by atoms with Crippen molar-refractivity contribution >= 4 is 16.6 Å². The number of halogens is 1. The van der Waals surface area contributed by atoms with E-state index in [-0.39, 0.29) is 11.2 Å². The lowest BCUT2D eigenvalue weighted by molar-refractivity contribution is 0.510. The van der Waals surface area contributed by atoms with E-state index in [0.29, 0.717) is 5.69 Å². The van der Waals surface area contributed by atoms with Gasteiger partial charge >= 0.3 is 0 Å². The van der Waals surface area contributed by atoms with E-state index in [1.165, 1.54) is 18.4 Å². The highest BCUT2D eigenvalue weighted by Gasteiger charge is 2.25. The van der Waals surface area contributed by atoms with E-state index < -0.39 is 0 Å². The third-order valence-corrected chi connectivity index (χ3v) is 4.68. The largest absolute Gasteiger partial charge is 0.381 e. The molecule has 20 heavy (non-hydrogen) atoms. The average Bonchev–Trinajstić information content (AvgIpc) is 3.14. The van der Waals surface area contributed by atoms with Crippen LogP contribution in [0.2, 0.25) is 0 Å². The Morgan fingerprint density at radius 3 is 2.75 bits per heavy atom. The number of H-pyrrole nitrogens is 1. The molecular formula is C17H23FN2. The van der Waals surface area contributed by atoms with Gasteiger partial charge in [0.05, 0.1) is 11.2 Å². The van der Waals surface area contributed by atoms with Crippen LogP contribution in [0.4, 0.5) is 10.1 Å². The first kappa shape index (κ1) is 13.5. The van der Waals surface area contributed by atoms with E-state index in [9.17, 15) is 4.39 Å². The first-order valence-corrected chi connectivity index (χ1v) is 7.57. The fourth-order valence-electron chi connectivity index (χ4n) is 2.67. The van der Waals surface area contributed by atoms with Gasteiger partial charge in [-0.25, -0.2) is 4.39 Å². The van der Waals surface area contributed by atoms with Crippen LogP contribution in [0.3, 0.4) is 0 Å². The van der Waals surface area contributed by atoms with E-state index in [1.807, 2.05) is 12.3 Å². The van der Waals surface area contributed by atoms with Crippen LogP contribution in [0.1, 0.15) is 45.6 Å². The van der Waals surface area contributed by atoms with E-state index in [2.05, 4.69) is 31.1 Å². The maximum absolute atomic E-state index is 14.1. The van der Waals surface area contributed by atoms with Gasteiger partial charge in [-0.15, -0.1) is 0 Å². The van der Waals surface area contributed by atoms with Crippen LogP contribution >= 0.6 is 0 Å². The van der Waals surface area contributed by atoms with Crippen LogP contribution < -0.4 is 5.32 Å². The number of hydrogen-bond donors (Lipinski definition) is 2. The molecule has 0 saturated heterocycles. The van der Waals surface area contributed by atoms with Crippen LogP contribution in [0.15, 0.2) is 18.3 Å². The summed E-state index contributed by atoms with van der Waals surface area (Å²) in [4.78, 5) is 3.28. The summed E-state index contributed by atoms with van der Waals surface area (Å²) in [6.07, 6.45) is 5.63. The summed E-state index contributed by atoms with van der Waals surface area (Å²) in [6.45, 7) is 7.53. The van der Waals surface area contributed by atoms with Crippen molar-refractivity contribution < 1.29 is 4.39 Å². The molecule has 1 heterocycles. The van der Waals surface area contributed by atoms with Gasteiger partial charge in [0.2, 0.25) is 0 Å². The van der Waals surface area contributed by atoms with E-state index in [4.69, 9.17) is 0 Å². The molecule has 2 N–H and O–H groups in total. The highest BCUT2D eigenvalue weighted by Crippen LogP contribution is 2.37. The first-order chi connectivity index (χ1) is 9.53. The molecule has 0 aliphatic heterocycles. The molecule has 1 aliphatic carbocycles. The Morgan fingerprint density at radius 2 is 2.10 bits per heavy atom. The zero-order valence-corrected chi connectivity index (χ0v) is 12.5. The monoisotopic (exact) mass is 274 g/mol. The quantitative estimate of drug-likeness (QED) is 0.804. The predicted molar refractivity (Wildman–Crippen MR) is 82.8 cm³/mol. The van der Waals surface area contributed by atoms with E-state index >= 15 is 0 Å². The Labute approximate surface area is 119 Å². The van der Waals surface area contributed by atoms with Gasteiger partial charge in [0.25, 0.3) is 0 Å². The van der Waals surface area contributed by atoms with E-state index in [1.54, 1.807) is 6.07 Å². The summed E-state index contributed by atoms with van der Waals surface area (Å²) < 4.78 is 14.1. The fraction of sp³-hybridized carbons (Fsp3) is 0.529. The lowest BCUT2D eigenvalue weighted by Gasteiger charge is -2.22. The molecule has 0 radical (unpaired) electrons. The van der Waals surface area contributed by atoms with E-state index in [0.717, 1.165) is 29.8 Å². The minimum Gasteiger partial charge on any atom is -0.381 e. The molecule has 0 unspecified atom stereocenters. The minimum atomic E-state index is -0.166. The first-order valence-electron chi connectivity index (χ1n) is 7.57. The van der Waals surface area contributed by atoms with Crippen molar-refractivity contribution in [1.82, 2.24) is 4.98 Å². The number of aromatic amines is 1. The predicted octanol–water partition coefficient (Wildman–Crippen LogP) is 4.82. The number of benzene rings is 1. The molecule has 2 nitrogen and oxygen atoms in total. The SMILES string of the molecule is CCC(C)(C)c1c[nH]c2c(NCC3CC3)c(F)ccc12. The van der Waals surface area contributed by atoms with Gasteiger partial charge in [0.1, 0.15) is 5.82 Å². The van der Waals surface area contributed by atoms with Gasteiger partial charge in [-0.05, 0) is 48.3 Å². The maximum Gasteiger partial charge on any atom is 0.148 e. The third-order valence-electron chi connectivity index (χ3n) is 4.68. The second-order valence-corrected chi connectivity index (χ2v) is 6.61. The Balaban J connectivity index is 2.03. The molecule has 1 aliphatic rings. The summed E-state index contributed by atoms with van der Waals surface area (Å²) in [5, 5.41) is 4.43. The average molecular weight is 274 g/mol. The second kappa shape index (κ2) is 4.80. The summed E-state index contributed by atoms with van der Waals surface area (Å²) in [5.41, 5.74) is 2.91. The van der Waals surface area contributed by atoms with Crippen molar-refractivity contribution in [3.63, 3.8) is 0 Å². The van der Waals surface area contributed by atoms with Crippen molar-refractivity contribution in [2.45, 2.75) is 45.4 Å². The molecule has 1 aromatic carbocycles. The van der Waals surface area contributed by atoms with Crippen molar-refractivity contribution in [1.29, 1.82) is 0 Å². The lowest BCUT2D eigenvalue weighted by atomic mass is 9.82. The zero-order chi connectivity index (χ0) is 14.3. The molecule has 2 aromatic rings. The van der Waals surface area contributed by atoms with Crippen LogP contribution in [-0.4, -0.2) is 11.5 Å². The summed E-state index contributed by atoms with van der Waals surface area (Å²) in [7, 11) is 0. The Bertz CT molecular complexity index is 623. The summed E-state index contributed by atoms with van der Waals surface area (Å²) in [5.74, 6) is 0.562. The smallest absolute Gasteiger partial charge is 0.148 e. The molecule has 1 saturated carbocycles. The molecule has 0 bridgehead atoms. The van der Waals surface area contributed by atoms with Crippen LogP contribution in [0, 0.1) is 11.7 Å². The second-order valence-electron chi connectivity index (χ2n) is 6.61. The number of nitrogens with one attached hydrogen (secondary N) is 2. The topological polar surface area (TPSA) is 27.8 Å². The lowest BCUT2D eigenvalue weighted by Crippen LogP contribution is -2.14. The van der Waals surface area contributed by atoms with Crippen LogP contribution in [0.25, 0.3) is 10.9 Å². The number of anilines is 1. The zero-order valence-electron chi connectivity index (χ0n) is 12.5. The van der Waals surface area contributed by atoms with Gasteiger partial charge in [0, 0.05) is 18.1 Å². The summed E-state index contributed by atoms with van der Waals surface area (Å²) >= 11 is 0. The molecule has 0 spiro atoms. The Morgan fingerprint density at radius 1 is 1.35 bits per heavy atom.